The minimum absolute atomic E-state index is 0.132. The van der Waals surface area contributed by atoms with Crippen LogP contribution in [-0.2, 0) is 6.61 Å². The van der Waals surface area contributed by atoms with Crippen molar-refractivity contribution in [1.82, 2.24) is 4.90 Å². The summed E-state index contributed by atoms with van der Waals surface area (Å²) in [7, 11) is 3.37. The van der Waals surface area contributed by atoms with Crippen LogP contribution in [0.3, 0.4) is 0 Å². The third-order valence-corrected chi connectivity index (χ3v) is 5.84. The molecule has 4 aromatic rings. The number of fused-ring (bicyclic) bond motifs is 1. The Bertz CT molecular complexity index is 1250. The van der Waals surface area contributed by atoms with Crippen molar-refractivity contribution in [3.8, 4) is 5.75 Å². The average molecular weight is 447 g/mol. The third-order valence-electron chi connectivity index (χ3n) is 4.73. The first-order valence-electron chi connectivity index (χ1n) is 10.0. The van der Waals surface area contributed by atoms with Crippen molar-refractivity contribution in [2.75, 3.05) is 19.4 Å². The Hall–Kier alpha value is -3.71. The molecule has 32 heavy (non-hydrogen) atoms. The number of carbonyl (C=O) groups is 2. The summed E-state index contributed by atoms with van der Waals surface area (Å²) >= 11 is 1.05. The fourth-order valence-electron chi connectivity index (χ4n) is 3.12. The van der Waals surface area contributed by atoms with Crippen molar-refractivity contribution in [2.24, 2.45) is 0 Å². The van der Waals surface area contributed by atoms with Gasteiger partial charge in [0, 0.05) is 29.9 Å². The number of furan rings is 1. The van der Waals surface area contributed by atoms with E-state index in [0.717, 1.165) is 17.1 Å². The zero-order chi connectivity index (χ0) is 22.5. The van der Waals surface area contributed by atoms with E-state index in [1.807, 2.05) is 60.7 Å². The van der Waals surface area contributed by atoms with Gasteiger partial charge in [-0.2, -0.15) is 0 Å². The fourth-order valence-corrected chi connectivity index (χ4v) is 3.87. The van der Waals surface area contributed by atoms with Crippen LogP contribution in [0.1, 0.15) is 16.1 Å². The highest BCUT2D eigenvalue weighted by atomic mass is 32.2. The van der Waals surface area contributed by atoms with Crippen molar-refractivity contribution in [2.45, 2.75) is 11.5 Å². The summed E-state index contributed by atoms with van der Waals surface area (Å²) in [5.41, 5.74) is 1.80. The Labute approximate surface area is 190 Å². The maximum Gasteiger partial charge on any atom is 0.291 e. The number of nitrogens with zero attached hydrogens (tertiary/aromatic N) is 1. The molecule has 1 N–H and O–H groups in total. The van der Waals surface area contributed by atoms with Gasteiger partial charge in [-0.25, -0.2) is 0 Å². The summed E-state index contributed by atoms with van der Waals surface area (Å²) in [4.78, 5) is 27.5. The van der Waals surface area contributed by atoms with Crippen molar-refractivity contribution in [3.05, 3.63) is 90.2 Å². The second-order valence-corrected chi connectivity index (χ2v) is 8.21. The summed E-state index contributed by atoms with van der Waals surface area (Å²) in [6.45, 7) is 0.180. The molecule has 0 radical (unpaired) electrons. The first-order chi connectivity index (χ1) is 15.5. The van der Waals surface area contributed by atoms with Crippen LogP contribution in [0, 0.1) is 0 Å². The van der Waals surface area contributed by atoms with E-state index in [1.165, 1.54) is 4.90 Å². The van der Waals surface area contributed by atoms with Gasteiger partial charge in [0.15, 0.2) is 5.76 Å². The van der Waals surface area contributed by atoms with E-state index in [4.69, 9.17) is 9.15 Å². The predicted octanol–water partition coefficient (Wildman–Crippen LogP) is 6.04. The van der Waals surface area contributed by atoms with Crippen LogP contribution in [0.2, 0.25) is 0 Å². The molecule has 3 aromatic carbocycles. The van der Waals surface area contributed by atoms with Crippen LogP contribution < -0.4 is 10.1 Å². The maximum absolute atomic E-state index is 13.2. The van der Waals surface area contributed by atoms with Crippen molar-refractivity contribution >= 4 is 39.6 Å². The molecule has 4 rings (SSSR count). The number of anilines is 1. The molecule has 0 atom stereocenters. The molecule has 0 unspecified atom stereocenters. The van der Waals surface area contributed by atoms with Gasteiger partial charge in [-0.05, 0) is 42.1 Å². The molecule has 0 aliphatic rings. The molecule has 162 valence electrons. The van der Waals surface area contributed by atoms with Gasteiger partial charge in [-0.1, -0.05) is 48.5 Å². The Morgan fingerprint density at radius 3 is 2.41 bits per heavy atom. The average Bonchev–Trinajstić information content (AvgIpc) is 3.18. The summed E-state index contributed by atoms with van der Waals surface area (Å²) in [5, 5.41) is 3.58. The molecule has 1 aromatic heterocycles. The number of para-hydroxylation sites is 3. The molecule has 0 spiro atoms. The van der Waals surface area contributed by atoms with Gasteiger partial charge >= 0.3 is 0 Å². The van der Waals surface area contributed by atoms with Crippen LogP contribution >= 0.6 is 11.8 Å². The summed E-state index contributed by atoms with van der Waals surface area (Å²) < 4.78 is 11.8. The minimum Gasteiger partial charge on any atom is -0.489 e. The molecule has 6 nitrogen and oxygen atoms in total. The fraction of sp³-hybridized carbons (Fsp3) is 0.120. The van der Waals surface area contributed by atoms with Gasteiger partial charge in [0.2, 0.25) is 0 Å². The van der Waals surface area contributed by atoms with E-state index in [9.17, 15) is 9.59 Å². The van der Waals surface area contributed by atoms with Gasteiger partial charge in [-0.3, -0.25) is 9.59 Å². The number of rotatable bonds is 6. The van der Waals surface area contributed by atoms with E-state index in [2.05, 4.69) is 5.32 Å². The van der Waals surface area contributed by atoms with Crippen molar-refractivity contribution in [3.63, 3.8) is 0 Å². The highest BCUT2D eigenvalue weighted by Gasteiger charge is 2.22. The lowest BCUT2D eigenvalue weighted by Gasteiger charge is -2.13. The lowest BCUT2D eigenvalue weighted by Crippen LogP contribution is -2.17. The van der Waals surface area contributed by atoms with Gasteiger partial charge < -0.3 is 19.4 Å². The van der Waals surface area contributed by atoms with Crippen LogP contribution in [0.5, 0.6) is 5.75 Å². The molecule has 0 aliphatic carbocycles. The van der Waals surface area contributed by atoms with E-state index in [-0.39, 0.29) is 17.6 Å². The highest BCUT2D eigenvalue weighted by molar-refractivity contribution is 8.13. The maximum atomic E-state index is 13.2. The Kier molecular flexibility index (Phi) is 6.47. The zero-order valence-electron chi connectivity index (χ0n) is 17.7. The zero-order valence-corrected chi connectivity index (χ0v) is 18.5. The predicted molar refractivity (Wildman–Crippen MR) is 126 cm³/mol. The summed E-state index contributed by atoms with van der Waals surface area (Å²) in [6, 6.07) is 24.0. The quantitative estimate of drug-likeness (QED) is 0.366. The molecular formula is C25H22N2O4S. The molecule has 7 heteroatoms. The Balaban J connectivity index is 1.62. The number of ether oxygens (including phenoxy) is 1. The standard InChI is InChI=1S/C25H22N2O4S/c1-27(2)25(29)32-22-15-9-7-13-20(22)26-24(28)23-19(16-30-17-10-4-3-5-11-17)18-12-6-8-14-21(18)31-23/h3-15H,16H2,1-2H3,(H,26,28). The molecule has 0 saturated carbocycles. The van der Waals surface area contributed by atoms with Gasteiger partial charge in [0.25, 0.3) is 11.1 Å². The summed E-state index contributed by atoms with van der Waals surface area (Å²) in [5.74, 6) is 0.479. The first-order valence-corrected chi connectivity index (χ1v) is 10.8. The molecule has 1 heterocycles. The SMILES string of the molecule is CN(C)C(=O)Sc1ccccc1NC(=O)c1oc2ccccc2c1COc1ccccc1. The summed E-state index contributed by atoms with van der Waals surface area (Å²) in [6.07, 6.45) is 0. The number of hydrogen-bond donors (Lipinski definition) is 1. The molecule has 0 fully saturated rings. The van der Waals surface area contributed by atoms with Crippen LogP contribution in [0.15, 0.2) is 88.2 Å². The van der Waals surface area contributed by atoms with E-state index in [1.54, 1.807) is 32.3 Å². The first kappa shape index (κ1) is 21.5. The van der Waals surface area contributed by atoms with E-state index in [0.29, 0.717) is 27.5 Å². The number of carbonyl (C=O) groups excluding carboxylic acids is 2. The lowest BCUT2D eigenvalue weighted by molar-refractivity contribution is 0.0995. The van der Waals surface area contributed by atoms with Crippen LogP contribution in [0.4, 0.5) is 10.5 Å². The molecule has 2 amide bonds. The number of amides is 2. The largest absolute Gasteiger partial charge is 0.489 e. The van der Waals surface area contributed by atoms with Gasteiger partial charge in [-0.15, -0.1) is 0 Å². The monoisotopic (exact) mass is 446 g/mol. The molecular weight excluding hydrogens is 424 g/mol. The lowest BCUT2D eigenvalue weighted by atomic mass is 10.1. The number of thioether (sulfide) groups is 1. The normalized spacial score (nSPS) is 10.7. The van der Waals surface area contributed by atoms with Crippen molar-refractivity contribution < 1.29 is 18.7 Å². The topological polar surface area (TPSA) is 71.8 Å². The molecule has 0 aliphatic heterocycles. The smallest absolute Gasteiger partial charge is 0.291 e. The molecule has 0 bridgehead atoms. The number of nitrogens with one attached hydrogen (secondary N) is 1. The van der Waals surface area contributed by atoms with E-state index >= 15 is 0 Å². The number of benzene rings is 3. The highest BCUT2D eigenvalue weighted by Crippen LogP contribution is 2.31. The second kappa shape index (κ2) is 9.62. The van der Waals surface area contributed by atoms with E-state index < -0.39 is 5.91 Å². The second-order valence-electron chi connectivity index (χ2n) is 7.22. The van der Waals surface area contributed by atoms with Gasteiger partial charge in [0.05, 0.1) is 5.69 Å². The molecule has 0 saturated heterocycles. The Morgan fingerprint density at radius 2 is 1.62 bits per heavy atom. The number of hydrogen-bond acceptors (Lipinski definition) is 5. The minimum atomic E-state index is -0.404. The third kappa shape index (κ3) is 4.78. The Morgan fingerprint density at radius 1 is 0.938 bits per heavy atom. The van der Waals surface area contributed by atoms with Gasteiger partial charge in [0.1, 0.15) is 17.9 Å². The van der Waals surface area contributed by atoms with Crippen LogP contribution in [0.25, 0.3) is 11.0 Å². The van der Waals surface area contributed by atoms with Crippen LogP contribution in [-0.4, -0.2) is 30.1 Å². The van der Waals surface area contributed by atoms with Crippen molar-refractivity contribution in [1.29, 1.82) is 0 Å².